The predicted molar refractivity (Wildman–Crippen MR) is 109 cm³/mol. The Morgan fingerprint density at radius 1 is 1.10 bits per heavy atom. The topological polar surface area (TPSA) is 51.6 Å². The first-order valence-electron chi connectivity index (χ1n) is 10.5. The van der Waals surface area contributed by atoms with Crippen LogP contribution in [0.5, 0.6) is 0 Å². The molecule has 1 spiro atoms. The molecule has 2 aliphatic carbocycles. The van der Waals surface area contributed by atoms with Gasteiger partial charge in [-0.1, -0.05) is 24.3 Å². The maximum Gasteiger partial charge on any atom is 0.175 e. The number of hydrogen-bond donors (Lipinski definition) is 1. The summed E-state index contributed by atoms with van der Waals surface area (Å²) in [6.07, 6.45) is 5.03. The zero-order valence-corrected chi connectivity index (χ0v) is 16.6. The summed E-state index contributed by atoms with van der Waals surface area (Å²) >= 11 is 0. The molecule has 3 aliphatic rings. The van der Waals surface area contributed by atoms with Crippen LogP contribution in [0, 0.1) is 23.6 Å². The van der Waals surface area contributed by atoms with Crippen molar-refractivity contribution in [1.82, 2.24) is 4.98 Å². The maximum atomic E-state index is 14.3. The van der Waals surface area contributed by atoms with Crippen LogP contribution in [0.4, 0.5) is 8.78 Å². The van der Waals surface area contributed by atoms with Gasteiger partial charge in [-0.3, -0.25) is 4.98 Å². The van der Waals surface area contributed by atoms with Gasteiger partial charge in [0.15, 0.2) is 5.79 Å². The molecule has 2 heterocycles. The number of pyridine rings is 1. The minimum absolute atomic E-state index is 0.0734. The molecule has 5 atom stereocenters. The summed E-state index contributed by atoms with van der Waals surface area (Å²) in [5.41, 5.74) is 2.38. The van der Waals surface area contributed by atoms with E-state index >= 15 is 0 Å². The average Bonchev–Trinajstić information content (AvgIpc) is 3.32. The smallest absolute Gasteiger partial charge is 0.175 e. The molecule has 30 heavy (non-hydrogen) atoms. The standard InChI is InChI=1S/C24H25F2NO3/c25-18-3-1-2-15(10-18)16-4-5-19(27-14-16)6-7-21-20-12-22(26)23(28)11-17(20)13-24(21)29-8-9-30-24/h1-7,10,14,17,20-23,28H,8-9,11-13H2/b7-6+/t17-,20-,21+,22+,23+/m1/s1. The molecule has 1 aliphatic heterocycles. The number of benzene rings is 1. The summed E-state index contributed by atoms with van der Waals surface area (Å²) in [6.45, 7) is 1.07. The summed E-state index contributed by atoms with van der Waals surface area (Å²) < 4.78 is 39.8. The van der Waals surface area contributed by atoms with Crippen LogP contribution in [0.2, 0.25) is 0 Å². The number of ether oxygens (including phenoxy) is 2. The molecule has 3 fully saturated rings. The van der Waals surface area contributed by atoms with E-state index in [4.69, 9.17) is 9.47 Å². The Balaban J connectivity index is 1.38. The molecule has 2 saturated carbocycles. The van der Waals surface area contributed by atoms with Crippen molar-refractivity contribution in [3.63, 3.8) is 0 Å². The molecule has 4 nitrogen and oxygen atoms in total. The molecular weight excluding hydrogens is 388 g/mol. The third-order valence-electron chi connectivity index (χ3n) is 6.78. The van der Waals surface area contributed by atoms with Crippen molar-refractivity contribution in [3.05, 3.63) is 60.2 Å². The van der Waals surface area contributed by atoms with Crippen LogP contribution in [0.25, 0.3) is 17.2 Å². The molecule has 158 valence electrons. The van der Waals surface area contributed by atoms with E-state index in [1.807, 2.05) is 30.4 Å². The molecule has 1 N–H and O–H groups in total. The largest absolute Gasteiger partial charge is 0.390 e. The third-order valence-corrected chi connectivity index (χ3v) is 6.78. The van der Waals surface area contributed by atoms with E-state index in [1.165, 1.54) is 12.1 Å². The summed E-state index contributed by atoms with van der Waals surface area (Å²) in [5.74, 6) is -0.831. The van der Waals surface area contributed by atoms with Crippen molar-refractivity contribution < 1.29 is 23.4 Å². The van der Waals surface area contributed by atoms with Gasteiger partial charge < -0.3 is 14.6 Å². The summed E-state index contributed by atoms with van der Waals surface area (Å²) in [7, 11) is 0. The molecule has 1 aromatic carbocycles. The highest BCUT2D eigenvalue weighted by molar-refractivity contribution is 5.63. The van der Waals surface area contributed by atoms with Crippen LogP contribution < -0.4 is 0 Å². The maximum absolute atomic E-state index is 14.3. The van der Waals surface area contributed by atoms with Crippen molar-refractivity contribution in [1.29, 1.82) is 0 Å². The average molecular weight is 413 g/mol. The Labute approximate surface area is 174 Å². The first-order chi connectivity index (χ1) is 14.5. The van der Waals surface area contributed by atoms with Gasteiger partial charge in [0.1, 0.15) is 12.0 Å². The van der Waals surface area contributed by atoms with Crippen molar-refractivity contribution in [2.45, 2.75) is 37.3 Å². The van der Waals surface area contributed by atoms with E-state index in [1.54, 1.807) is 12.3 Å². The number of aromatic nitrogens is 1. The second-order valence-electron chi connectivity index (χ2n) is 8.56. The number of fused-ring (bicyclic) bond motifs is 1. The first kappa shape index (κ1) is 19.8. The normalized spacial score (nSPS) is 32.7. The van der Waals surface area contributed by atoms with Gasteiger partial charge in [0.25, 0.3) is 0 Å². The van der Waals surface area contributed by atoms with Crippen molar-refractivity contribution >= 4 is 6.08 Å². The van der Waals surface area contributed by atoms with Crippen molar-refractivity contribution in [2.24, 2.45) is 17.8 Å². The molecule has 1 saturated heterocycles. The lowest BCUT2D eigenvalue weighted by atomic mass is 9.75. The quantitative estimate of drug-likeness (QED) is 0.811. The predicted octanol–water partition coefficient (Wildman–Crippen LogP) is 4.39. The number of rotatable bonds is 3. The van der Waals surface area contributed by atoms with Crippen LogP contribution >= 0.6 is 0 Å². The number of halogens is 2. The molecule has 1 aromatic heterocycles. The number of alkyl halides is 1. The Morgan fingerprint density at radius 3 is 2.67 bits per heavy atom. The number of aliphatic hydroxyl groups is 1. The van der Waals surface area contributed by atoms with Gasteiger partial charge >= 0.3 is 0 Å². The summed E-state index contributed by atoms with van der Waals surface area (Å²) in [5, 5.41) is 9.98. The molecule has 2 aromatic rings. The van der Waals surface area contributed by atoms with E-state index in [2.05, 4.69) is 4.98 Å². The highest BCUT2D eigenvalue weighted by Gasteiger charge is 2.58. The third kappa shape index (κ3) is 3.57. The summed E-state index contributed by atoms with van der Waals surface area (Å²) in [6, 6.07) is 10.2. The highest BCUT2D eigenvalue weighted by Crippen LogP contribution is 2.55. The van der Waals surface area contributed by atoms with Crippen molar-refractivity contribution in [2.75, 3.05) is 13.2 Å². The Bertz CT molecular complexity index is 926. The fourth-order valence-corrected chi connectivity index (χ4v) is 5.36. The van der Waals surface area contributed by atoms with E-state index in [0.29, 0.717) is 32.5 Å². The first-order valence-corrected chi connectivity index (χ1v) is 10.5. The number of nitrogens with zero attached hydrogens (tertiary/aromatic N) is 1. The Morgan fingerprint density at radius 2 is 1.93 bits per heavy atom. The van der Waals surface area contributed by atoms with Crippen LogP contribution in [0.15, 0.2) is 48.7 Å². The van der Waals surface area contributed by atoms with Gasteiger partial charge in [0.05, 0.1) is 25.0 Å². The lowest BCUT2D eigenvalue weighted by Gasteiger charge is -2.34. The van der Waals surface area contributed by atoms with Gasteiger partial charge in [0, 0.05) is 24.1 Å². The second kappa shape index (κ2) is 7.84. The van der Waals surface area contributed by atoms with Gasteiger partial charge in [-0.2, -0.15) is 0 Å². The van der Waals surface area contributed by atoms with Gasteiger partial charge in [-0.05, 0) is 54.5 Å². The minimum Gasteiger partial charge on any atom is -0.390 e. The van der Waals surface area contributed by atoms with Crippen LogP contribution in [-0.4, -0.2) is 41.4 Å². The molecule has 5 rings (SSSR count). The van der Waals surface area contributed by atoms with E-state index in [0.717, 1.165) is 16.8 Å². The van der Waals surface area contributed by atoms with Crippen LogP contribution in [-0.2, 0) is 9.47 Å². The lowest BCUT2D eigenvalue weighted by Crippen LogP contribution is -2.38. The molecule has 0 radical (unpaired) electrons. The number of aliphatic hydroxyl groups excluding tert-OH is 1. The molecule has 0 amide bonds. The van der Waals surface area contributed by atoms with Crippen molar-refractivity contribution in [3.8, 4) is 11.1 Å². The van der Waals surface area contributed by atoms with Crippen LogP contribution in [0.1, 0.15) is 25.0 Å². The molecule has 0 bridgehead atoms. The number of hydrogen-bond acceptors (Lipinski definition) is 4. The second-order valence-corrected chi connectivity index (χ2v) is 8.56. The fourth-order valence-electron chi connectivity index (χ4n) is 5.36. The molecular formula is C24H25F2NO3. The zero-order chi connectivity index (χ0) is 20.7. The van der Waals surface area contributed by atoms with Crippen LogP contribution in [0.3, 0.4) is 0 Å². The fraction of sp³-hybridized carbons (Fsp3) is 0.458. The minimum atomic E-state index is -1.21. The van der Waals surface area contributed by atoms with Gasteiger partial charge in [-0.15, -0.1) is 0 Å². The van der Waals surface area contributed by atoms with E-state index < -0.39 is 18.1 Å². The Kier molecular flexibility index (Phi) is 5.17. The lowest BCUT2D eigenvalue weighted by molar-refractivity contribution is -0.175. The highest BCUT2D eigenvalue weighted by atomic mass is 19.1. The zero-order valence-electron chi connectivity index (χ0n) is 16.6. The molecule has 6 heteroatoms. The van der Waals surface area contributed by atoms with E-state index in [-0.39, 0.29) is 23.6 Å². The van der Waals surface area contributed by atoms with E-state index in [9.17, 15) is 13.9 Å². The van der Waals surface area contributed by atoms with Gasteiger partial charge in [-0.25, -0.2) is 8.78 Å². The monoisotopic (exact) mass is 413 g/mol. The Hall–Kier alpha value is -2.15. The SMILES string of the molecule is O[C@H]1C[C@@H]2CC3(OCCO3)[C@@H](/C=C/c3ccc(-c4cccc(F)c4)cn3)[C@@H]2C[C@@H]1F. The van der Waals surface area contributed by atoms with Gasteiger partial charge in [0.2, 0.25) is 0 Å². The summed E-state index contributed by atoms with van der Waals surface area (Å²) in [4.78, 5) is 4.49. The molecule has 0 unspecified atom stereocenters.